The lowest BCUT2D eigenvalue weighted by atomic mass is 9.95. The molecule has 0 spiro atoms. The highest BCUT2D eigenvalue weighted by atomic mass is 32.2. The first-order valence-corrected chi connectivity index (χ1v) is 14.5. The summed E-state index contributed by atoms with van der Waals surface area (Å²) in [6, 6.07) is 17.3. The molecule has 0 bridgehead atoms. The van der Waals surface area contributed by atoms with Crippen LogP contribution in [0.5, 0.6) is 11.5 Å². The van der Waals surface area contributed by atoms with Crippen molar-refractivity contribution in [2.24, 2.45) is 0 Å². The molecule has 3 aromatic carbocycles. The summed E-state index contributed by atoms with van der Waals surface area (Å²) in [5.74, 6) is -0.842. The summed E-state index contributed by atoms with van der Waals surface area (Å²) in [5, 5.41) is 20.0. The van der Waals surface area contributed by atoms with Gasteiger partial charge in [-0.3, -0.25) is 14.5 Å². The van der Waals surface area contributed by atoms with E-state index in [2.05, 4.69) is 10.2 Å². The molecule has 4 aromatic rings. The number of ketones is 1. The number of nitrogens with zero attached hydrogens (tertiary/aromatic N) is 3. The number of carbonyl (C=O) groups excluding carboxylic acids is 2. The van der Waals surface area contributed by atoms with Crippen LogP contribution in [0.1, 0.15) is 35.2 Å². The second-order valence-electron chi connectivity index (χ2n) is 9.14. The Labute approximate surface area is 244 Å². The molecule has 1 amide bonds. The van der Waals surface area contributed by atoms with Crippen LogP contribution in [0.4, 0.5) is 9.52 Å². The fourth-order valence-corrected chi connectivity index (χ4v) is 6.25. The van der Waals surface area contributed by atoms with Crippen LogP contribution in [-0.4, -0.2) is 40.7 Å². The van der Waals surface area contributed by atoms with E-state index in [1.165, 1.54) is 35.9 Å². The average Bonchev–Trinajstić information content (AvgIpc) is 3.55. The molecule has 1 aliphatic heterocycles. The Morgan fingerprint density at radius 3 is 2.46 bits per heavy atom. The molecule has 1 aromatic heterocycles. The van der Waals surface area contributed by atoms with Crippen molar-refractivity contribution in [1.82, 2.24) is 10.2 Å². The number of halogens is 1. The molecule has 0 aliphatic carbocycles. The number of ether oxygens (including phenoxy) is 2. The minimum absolute atomic E-state index is 0.0687. The fourth-order valence-electron chi connectivity index (χ4n) is 4.43. The zero-order valence-corrected chi connectivity index (χ0v) is 24.1. The van der Waals surface area contributed by atoms with E-state index in [0.717, 1.165) is 22.5 Å². The summed E-state index contributed by atoms with van der Waals surface area (Å²) < 4.78 is 25.0. The number of aliphatic hydroxyl groups is 1. The third-order valence-corrected chi connectivity index (χ3v) is 8.58. The second-order valence-corrected chi connectivity index (χ2v) is 11.3. The third kappa shape index (κ3) is 5.82. The molecular weight excluding hydrogens is 565 g/mol. The number of thioether (sulfide) groups is 1. The lowest BCUT2D eigenvalue weighted by Crippen LogP contribution is -2.29. The Kier molecular flexibility index (Phi) is 8.36. The Morgan fingerprint density at radius 2 is 1.78 bits per heavy atom. The van der Waals surface area contributed by atoms with Gasteiger partial charge in [0.15, 0.2) is 15.8 Å². The van der Waals surface area contributed by atoms with E-state index in [1.54, 1.807) is 42.5 Å². The minimum atomic E-state index is -0.997. The molecular formula is C30H26FN3O5S2. The smallest absolute Gasteiger partial charge is 0.301 e. The Morgan fingerprint density at radius 1 is 1.05 bits per heavy atom. The normalized spacial score (nSPS) is 16.3. The van der Waals surface area contributed by atoms with Gasteiger partial charge < -0.3 is 14.6 Å². The van der Waals surface area contributed by atoms with Crippen molar-refractivity contribution in [3.8, 4) is 11.5 Å². The highest BCUT2D eigenvalue weighted by molar-refractivity contribution is 8.00. The van der Waals surface area contributed by atoms with Gasteiger partial charge in [0.1, 0.15) is 11.6 Å². The zero-order chi connectivity index (χ0) is 29.1. The van der Waals surface area contributed by atoms with Crippen LogP contribution >= 0.6 is 23.1 Å². The molecule has 1 saturated heterocycles. The number of aryl methyl sites for hydroxylation is 1. The number of hydrogen-bond donors (Lipinski definition) is 1. The molecule has 1 atom stereocenters. The van der Waals surface area contributed by atoms with Crippen LogP contribution in [0, 0.1) is 12.7 Å². The van der Waals surface area contributed by atoms with Gasteiger partial charge in [0.25, 0.3) is 5.78 Å². The van der Waals surface area contributed by atoms with Gasteiger partial charge in [-0.25, -0.2) is 4.39 Å². The maximum Gasteiger partial charge on any atom is 0.301 e. The van der Waals surface area contributed by atoms with E-state index in [4.69, 9.17) is 9.47 Å². The number of carbonyl (C=O) groups is 2. The highest BCUT2D eigenvalue weighted by Gasteiger charge is 2.48. The van der Waals surface area contributed by atoms with Crippen molar-refractivity contribution in [2.45, 2.75) is 30.0 Å². The summed E-state index contributed by atoms with van der Waals surface area (Å²) in [4.78, 5) is 28.2. The number of Topliss-reactive ketones (excluding diaryl/α,β-unsaturated/α-hetero) is 1. The number of methoxy groups -OCH3 is 1. The molecule has 11 heteroatoms. The van der Waals surface area contributed by atoms with E-state index >= 15 is 0 Å². The summed E-state index contributed by atoms with van der Waals surface area (Å²) in [5.41, 5.74) is 2.74. The van der Waals surface area contributed by atoms with Gasteiger partial charge in [-0.2, -0.15) is 0 Å². The molecule has 0 radical (unpaired) electrons. The molecule has 5 rings (SSSR count). The van der Waals surface area contributed by atoms with Gasteiger partial charge in [-0.1, -0.05) is 71.1 Å². The maximum absolute atomic E-state index is 13.5. The van der Waals surface area contributed by atoms with Gasteiger partial charge in [0, 0.05) is 11.3 Å². The topological polar surface area (TPSA) is 102 Å². The average molecular weight is 592 g/mol. The lowest BCUT2D eigenvalue weighted by Gasteiger charge is -2.23. The van der Waals surface area contributed by atoms with Crippen molar-refractivity contribution >= 4 is 45.7 Å². The van der Waals surface area contributed by atoms with E-state index in [1.807, 2.05) is 26.0 Å². The van der Waals surface area contributed by atoms with Crippen LogP contribution < -0.4 is 14.4 Å². The van der Waals surface area contributed by atoms with Crippen LogP contribution in [0.2, 0.25) is 0 Å². The summed E-state index contributed by atoms with van der Waals surface area (Å²) in [6.07, 6.45) is 0. The molecule has 0 saturated carbocycles. The molecule has 210 valence electrons. The van der Waals surface area contributed by atoms with Crippen molar-refractivity contribution in [3.63, 3.8) is 0 Å². The third-order valence-electron chi connectivity index (χ3n) is 6.45. The molecule has 2 heterocycles. The molecule has 1 aliphatic rings. The minimum Gasteiger partial charge on any atom is -0.507 e. The fraction of sp³-hybridized carbons (Fsp3) is 0.200. The zero-order valence-electron chi connectivity index (χ0n) is 22.5. The number of aromatic nitrogens is 2. The monoisotopic (exact) mass is 591 g/mol. The number of aliphatic hydroxyl groups excluding tert-OH is 1. The van der Waals surface area contributed by atoms with Crippen molar-refractivity contribution in [1.29, 1.82) is 0 Å². The quantitative estimate of drug-likeness (QED) is 0.0794. The van der Waals surface area contributed by atoms with Gasteiger partial charge in [0.2, 0.25) is 5.13 Å². The molecule has 1 unspecified atom stereocenters. The number of hydrogen-bond acceptors (Lipinski definition) is 9. The maximum atomic E-state index is 13.5. The van der Waals surface area contributed by atoms with Crippen molar-refractivity contribution in [3.05, 3.63) is 100 Å². The largest absolute Gasteiger partial charge is 0.507 e. The van der Waals surface area contributed by atoms with Crippen LogP contribution in [0.25, 0.3) is 5.76 Å². The van der Waals surface area contributed by atoms with Crippen molar-refractivity contribution in [2.75, 3.05) is 18.6 Å². The first kappa shape index (κ1) is 28.3. The van der Waals surface area contributed by atoms with Crippen LogP contribution in [-0.2, 0) is 15.3 Å². The van der Waals surface area contributed by atoms with Gasteiger partial charge >= 0.3 is 5.91 Å². The van der Waals surface area contributed by atoms with Crippen LogP contribution in [0.15, 0.2) is 76.6 Å². The van der Waals surface area contributed by atoms with E-state index in [0.29, 0.717) is 39.3 Å². The molecule has 1 fully saturated rings. The highest BCUT2D eigenvalue weighted by Crippen LogP contribution is 2.45. The summed E-state index contributed by atoms with van der Waals surface area (Å²) >= 11 is 2.53. The Hall–Kier alpha value is -4.22. The Balaban J connectivity index is 1.57. The first-order chi connectivity index (χ1) is 19.8. The first-order valence-electron chi connectivity index (χ1n) is 12.7. The lowest BCUT2D eigenvalue weighted by molar-refractivity contribution is -0.132. The van der Waals surface area contributed by atoms with Gasteiger partial charge in [0.05, 0.1) is 25.3 Å². The molecule has 1 N–H and O–H groups in total. The van der Waals surface area contributed by atoms with Gasteiger partial charge in [-0.15, -0.1) is 10.2 Å². The Bertz CT molecular complexity index is 1620. The summed E-state index contributed by atoms with van der Waals surface area (Å²) in [6.45, 7) is 4.19. The SMILES string of the molecule is CCOc1ccc(C2/C(=C(/O)c3ccc(C)cc3)C(=O)C(=O)N2c2nnc(SCc3ccc(F)cc3)s2)cc1OC. The standard InChI is InChI=1S/C30H26FN3O5S2/c1-4-39-22-14-11-20(15-23(22)38-3)25-24(26(35)19-9-5-17(2)6-10-19)27(36)28(37)34(25)29-32-33-30(41-29)40-16-18-7-12-21(31)13-8-18/h5-15,25,35H,4,16H2,1-3H3/b26-24-. The predicted molar refractivity (Wildman–Crippen MR) is 156 cm³/mol. The number of benzene rings is 3. The van der Waals surface area contributed by atoms with Crippen LogP contribution in [0.3, 0.4) is 0 Å². The van der Waals surface area contributed by atoms with E-state index < -0.39 is 17.7 Å². The molecule has 8 nitrogen and oxygen atoms in total. The molecule has 41 heavy (non-hydrogen) atoms. The number of amides is 1. The number of anilines is 1. The predicted octanol–water partition coefficient (Wildman–Crippen LogP) is 6.31. The van der Waals surface area contributed by atoms with Crippen molar-refractivity contribution < 1.29 is 28.6 Å². The number of rotatable bonds is 9. The van der Waals surface area contributed by atoms with E-state index in [9.17, 15) is 19.1 Å². The van der Waals surface area contributed by atoms with Gasteiger partial charge in [-0.05, 0) is 49.2 Å². The summed E-state index contributed by atoms with van der Waals surface area (Å²) in [7, 11) is 1.50. The van der Waals surface area contributed by atoms with E-state index in [-0.39, 0.29) is 22.3 Å². The second kappa shape index (κ2) is 12.1.